The van der Waals surface area contributed by atoms with Crippen LogP contribution in [0.2, 0.25) is 0 Å². The maximum atomic E-state index is 12.1. The van der Waals surface area contributed by atoms with Crippen LogP contribution in [0.5, 0.6) is 5.75 Å². The molecule has 6 nitrogen and oxygen atoms in total. The van der Waals surface area contributed by atoms with E-state index in [1.807, 2.05) is 44.2 Å². The summed E-state index contributed by atoms with van der Waals surface area (Å²) in [5.41, 5.74) is 5.81. The summed E-state index contributed by atoms with van der Waals surface area (Å²) in [5, 5.41) is 9.38. The second kappa shape index (κ2) is 9.52. The van der Waals surface area contributed by atoms with Gasteiger partial charge in [-0.25, -0.2) is 4.79 Å². The number of nitrogens with zero attached hydrogens (tertiary/aromatic N) is 1. The molecule has 130 valence electrons. The van der Waals surface area contributed by atoms with Gasteiger partial charge in [0.2, 0.25) is 5.43 Å². The fraction of sp³-hybridized carbons (Fsp3) is 0.333. The van der Waals surface area contributed by atoms with Crippen molar-refractivity contribution in [1.29, 1.82) is 0 Å². The lowest BCUT2D eigenvalue weighted by Crippen LogP contribution is -2.22. The third kappa shape index (κ3) is 4.96. The number of carboxylic acid groups (broad SMARTS) is 1. The zero-order valence-electron chi connectivity index (χ0n) is 14.3. The Morgan fingerprint density at radius 3 is 2.33 bits per heavy atom. The number of rotatable bonds is 5. The van der Waals surface area contributed by atoms with E-state index in [0.29, 0.717) is 12.2 Å². The molecular formula is C18H24N2O4. The first-order chi connectivity index (χ1) is 11.5. The number of aromatic nitrogens is 1. The van der Waals surface area contributed by atoms with Gasteiger partial charge in [-0.3, -0.25) is 4.79 Å². The van der Waals surface area contributed by atoms with Crippen LogP contribution in [0.25, 0.3) is 0 Å². The quantitative estimate of drug-likeness (QED) is 0.877. The van der Waals surface area contributed by atoms with Crippen LogP contribution in [-0.2, 0) is 13.2 Å². The Bertz CT molecular complexity index is 724. The molecule has 0 amide bonds. The first kappa shape index (κ1) is 19.4. The molecule has 2 rings (SSSR count). The highest BCUT2D eigenvalue weighted by atomic mass is 16.5. The predicted octanol–water partition coefficient (Wildman–Crippen LogP) is 2.42. The second-order valence-electron chi connectivity index (χ2n) is 5.06. The van der Waals surface area contributed by atoms with E-state index in [9.17, 15) is 14.7 Å². The van der Waals surface area contributed by atoms with Crippen molar-refractivity contribution in [2.24, 2.45) is 5.73 Å². The average molecular weight is 332 g/mol. The van der Waals surface area contributed by atoms with Gasteiger partial charge in [0.25, 0.3) is 0 Å². The molecule has 0 bridgehead atoms. The molecule has 2 aromatic rings. The second-order valence-corrected chi connectivity index (χ2v) is 5.06. The minimum absolute atomic E-state index is 0.0987. The number of aromatic carboxylic acids is 1. The lowest BCUT2D eigenvalue weighted by atomic mass is 10.2. The van der Waals surface area contributed by atoms with E-state index in [1.165, 1.54) is 6.07 Å². The number of benzene rings is 1. The lowest BCUT2D eigenvalue weighted by molar-refractivity contribution is 0.0677. The number of pyridine rings is 1. The van der Waals surface area contributed by atoms with Crippen molar-refractivity contribution < 1.29 is 14.6 Å². The smallest absolute Gasteiger partial charge is 0.356 e. The van der Waals surface area contributed by atoms with Gasteiger partial charge in [-0.2, -0.15) is 0 Å². The minimum atomic E-state index is -1.17. The van der Waals surface area contributed by atoms with Gasteiger partial charge in [-0.15, -0.1) is 0 Å². The maximum Gasteiger partial charge on any atom is 0.356 e. The highest BCUT2D eigenvalue weighted by Gasteiger charge is 2.20. The van der Waals surface area contributed by atoms with Crippen LogP contribution in [-0.4, -0.2) is 22.2 Å². The van der Waals surface area contributed by atoms with Gasteiger partial charge in [-0.05, 0) is 26.0 Å². The highest BCUT2D eigenvalue weighted by molar-refractivity contribution is 5.89. The van der Waals surface area contributed by atoms with Gasteiger partial charge in [0.15, 0.2) is 11.4 Å². The predicted molar refractivity (Wildman–Crippen MR) is 93.6 cm³/mol. The molecule has 0 saturated heterocycles. The molecule has 0 aliphatic heterocycles. The number of hydrogen-bond acceptors (Lipinski definition) is 4. The molecule has 0 atom stereocenters. The summed E-state index contributed by atoms with van der Waals surface area (Å²) < 4.78 is 7.06. The Morgan fingerprint density at radius 2 is 1.83 bits per heavy atom. The SMILES string of the molecule is CCN.CCn1c(C)cc(=O)c(OCc2ccccc2)c1C(=O)O. The number of hydrogen-bond donors (Lipinski definition) is 2. The first-order valence-electron chi connectivity index (χ1n) is 7.80. The fourth-order valence-corrected chi connectivity index (χ4v) is 2.24. The molecule has 0 spiro atoms. The Morgan fingerprint density at radius 1 is 1.25 bits per heavy atom. The Labute approximate surface area is 141 Å². The molecule has 1 aromatic carbocycles. The molecule has 0 fully saturated rings. The van der Waals surface area contributed by atoms with E-state index < -0.39 is 11.4 Å². The standard InChI is InChI=1S/C16H17NO4.C2H7N/c1-3-17-11(2)9-13(18)15(14(17)16(19)20)21-10-12-7-5-4-6-8-12;1-2-3/h4-9H,3,10H2,1-2H3,(H,19,20);2-3H2,1H3. The summed E-state index contributed by atoms with van der Waals surface area (Å²) in [7, 11) is 0. The number of nitrogens with two attached hydrogens (primary N) is 1. The van der Waals surface area contributed by atoms with Crippen molar-refractivity contribution in [3.8, 4) is 5.75 Å². The van der Waals surface area contributed by atoms with Gasteiger partial charge in [0.05, 0.1) is 0 Å². The number of carboxylic acids is 1. The van der Waals surface area contributed by atoms with Crippen LogP contribution in [0.1, 0.15) is 35.6 Å². The molecule has 0 aliphatic carbocycles. The van der Waals surface area contributed by atoms with Crippen molar-refractivity contribution in [3.63, 3.8) is 0 Å². The first-order valence-corrected chi connectivity index (χ1v) is 7.80. The van der Waals surface area contributed by atoms with Crippen molar-refractivity contribution in [3.05, 3.63) is 63.6 Å². The fourth-order valence-electron chi connectivity index (χ4n) is 2.24. The summed E-state index contributed by atoms with van der Waals surface area (Å²) >= 11 is 0. The van der Waals surface area contributed by atoms with Crippen LogP contribution in [0, 0.1) is 6.92 Å². The van der Waals surface area contributed by atoms with Gasteiger partial charge < -0.3 is 20.1 Å². The molecule has 1 aromatic heterocycles. The molecule has 1 heterocycles. The van der Waals surface area contributed by atoms with Gasteiger partial charge in [0, 0.05) is 18.3 Å². The number of carbonyl (C=O) groups is 1. The maximum absolute atomic E-state index is 12.1. The molecule has 6 heteroatoms. The van der Waals surface area contributed by atoms with Crippen molar-refractivity contribution >= 4 is 5.97 Å². The third-order valence-electron chi connectivity index (χ3n) is 3.22. The lowest BCUT2D eigenvalue weighted by Gasteiger charge is -2.16. The van der Waals surface area contributed by atoms with Crippen LogP contribution < -0.4 is 15.9 Å². The summed E-state index contributed by atoms with van der Waals surface area (Å²) in [6.07, 6.45) is 0. The molecule has 0 aliphatic rings. The Kier molecular flexibility index (Phi) is 7.71. The largest absolute Gasteiger partial charge is 0.482 e. The van der Waals surface area contributed by atoms with Crippen molar-refractivity contribution in [1.82, 2.24) is 4.57 Å². The zero-order valence-corrected chi connectivity index (χ0v) is 14.3. The van der Waals surface area contributed by atoms with Crippen molar-refractivity contribution in [2.75, 3.05) is 6.54 Å². The van der Waals surface area contributed by atoms with E-state index in [1.54, 1.807) is 11.5 Å². The Balaban J connectivity index is 0.000000891. The number of ether oxygens (including phenoxy) is 1. The topological polar surface area (TPSA) is 94.5 Å². The molecule has 0 radical (unpaired) electrons. The number of aryl methyl sites for hydroxylation is 1. The van der Waals surface area contributed by atoms with Crippen LogP contribution in [0.4, 0.5) is 0 Å². The highest BCUT2D eigenvalue weighted by Crippen LogP contribution is 2.17. The average Bonchev–Trinajstić information content (AvgIpc) is 2.55. The molecular weight excluding hydrogens is 308 g/mol. The minimum Gasteiger partial charge on any atom is -0.482 e. The van der Waals surface area contributed by atoms with E-state index in [4.69, 9.17) is 10.5 Å². The third-order valence-corrected chi connectivity index (χ3v) is 3.22. The normalized spacial score (nSPS) is 9.83. The van der Waals surface area contributed by atoms with Crippen molar-refractivity contribution in [2.45, 2.75) is 33.9 Å². The molecule has 24 heavy (non-hydrogen) atoms. The molecule has 0 unspecified atom stereocenters. The van der Waals surface area contributed by atoms with E-state index in [0.717, 1.165) is 12.1 Å². The van der Waals surface area contributed by atoms with Gasteiger partial charge >= 0.3 is 5.97 Å². The van der Waals surface area contributed by atoms with E-state index in [-0.39, 0.29) is 18.1 Å². The molecule has 3 N–H and O–H groups in total. The van der Waals surface area contributed by atoms with E-state index in [2.05, 4.69) is 0 Å². The summed E-state index contributed by atoms with van der Waals surface area (Å²) in [4.78, 5) is 23.5. The van der Waals surface area contributed by atoms with Gasteiger partial charge in [0.1, 0.15) is 6.61 Å². The molecule has 0 saturated carbocycles. The van der Waals surface area contributed by atoms with Crippen LogP contribution in [0.15, 0.2) is 41.2 Å². The van der Waals surface area contributed by atoms with Crippen LogP contribution >= 0.6 is 0 Å². The Hall–Kier alpha value is -2.60. The monoisotopic (exact) mass is 332 g/mol. The zero-order chi connectivity index (χ0) is 18.1. The summed E-state index contributed by atoms with van der Waals surface area (Å²) in [6, 6.07) is 10.7. The van der Waals surface area contributed by atoms with Gasteiger partial charge in [-0.1, -0.05) is 37.3 Å². The van der Waals surface area contributed by atoms with Crippen LogP contribution in [0.3, 0.4) is 0 Å². The summed E-state index contributed by atoms with van der Waals surface area (Å²) in [5.74, 6) is -1.28. The summed E-state index contributed by atoms with van der Waals surface area (Å²) in [6.45, 7) is 6.79. The van der Waals surface area contributed by atoms with E-state index >= 15 is 0 Å².